The van der Waals surface area contributed by atoms with Crippen molar-refractivity contribution in [3.63, 3.8) is 0 Å². The fraction of sp³-hybridized carbons (Fsp3) is 0.583. The molecule has 0 N–H and O–H groups in total. The minimum atomic E-state index is -0.546. The highest BCUT2D eigenvalue weighted by molar-refractivity contribution is 5.86. The van der Waals surface area contributed by atoms with Gasteiger partial charge in [0.05, 0.1) is 0 Å². The lowest BCUT2D eigenvalue weighted by molar-refractivity contribution is -0.137. The molecule has 2 amide bonds. The SMILES string of the molecule is Cc1ccc(/C=C/C2CCN(C(=O)[C@@H]3CCCN3C(=O)OC(C)(C)C)CC2)cc1. The summed E-state index contributed by atoms with van der Waals surface area (Å²) in [5, 5.41) is 0. The Morgan fingerprint density at radius 2 is 1.69 bits per heavy atom. The second-order valence-electron chi connectivity index (χ2n) is 9.26. The van der Waals surface area contributed by atoms with Gasteiger partial charge >= 0.3 is 6.09 Å². The van der Waals surface area contributed by atoms with Crippen molar-refractivity contribution < 1.29 is 14.3 Å². The van der Waals surface area contributed by atoms with Gasteiger partial charge in [0.25, 0.3) is 0 Å². The summed E-state index contributed by atoms with van der Waals surface area (Å²) in [6.45, 7) is 9.75. The number of ether oxygens (including phenoxy) is 1. The molecule has 2 aliphatic heterocycles. The second kappa shape index (κ2) is 9.02. The predicted octanol–water partition coefficient (Wildman–Crippen LogP) is 4.65. The van der Waals surface area contributed by atoms with Crippen LogP contribution in [0.5, 0.6) is 0 Å². The molecule has 158 valence electrons. The monoisotopic (exact) mass is 398 g/mol. The van der Waals surface area contributed by atoms with Gasteiger partial charge in [0, 0.05) is 19.6 Å². The molecule has 0 spiro atoms. The van der Waals surface area contributed by atoms with Crippen LogP contribution in [-0.4, -0.2) is 53.1 Å². The quantitative estimate of drug-likeness (QED) is 0.745. The molecular weight excluding hydrogens is 364 g/mol. The molecule has 0 radical (unpaired) electrons. The van der Waals surface area contributed by atoms with E-state index in [0.717, 1.165) is 38.8 Å². The summed E-state index contributed by atoms with van der Waals surface area (Å²) < 4.78 is 5.49. The van der Waals surface area contributed by atoms with Gasteiger partial charge in [0.2, 0.25) is 5.91 Å². The van der Waals surface area contributed by atoms with Crippen LogP contribution in [0, 0.1) is 12.8 Å². The number of benzene rings is 1. The van der Waals surface area contributed by atoms with E-state index in [1.54, 1.807) is 4.90 Å². The molecule has 0 bridgehead atoms. The Bertz CT molecular complexity index is 740. The third-order valence-electron chi connectivity index (χ3n) is 5.66. The lowest BCUT2D eigenvalue weighted by Gasteiger charge is -2.35. The molecule has 2 aliphatic rings. The number of nitrogens with zero attached hydrogens (tertiary/aromatic N) is 2. The first-order valence-electron chi connectivity index (χ1n) is 10.8. The van der Waals surface area contributed by atoms with Crippen LogP contribution in [-0.2, 0) is 9.53 Å². The number of likely N-dealkylation sites (tertiary alicyclic amines) is 2. The van der Waals surface area contributed by atoms with Gasteiger partial charge in [-0.15, -0.1) is 0 Å². The van der Waals surface area contributed by atoms with E-state index in [4.69, 9.17) is 4.74 Å². The van der Waals surface area contributed by atoms with E-state index in [9.17, 15) is 9.59 Å². The van der Waals surface area contributed by atoms with Crippen molar-refractivity contribution in [1.29, 1.82) is 0 Å². The van der Waals surface area contributed by atoms with Gasteiger partial charge in [-0.25, -0.2) is 4.79 Å². The van der Waals surface area contributed by atoms with E-state index in [0.29, 0.717) is 12.5 Å². The lowest BCUT2D eigenvalue weighted by Crippen LogP contribution is -2.50. The Morgan fingerprint density at radius 3 is 2.31 bits per heavy atom. The van der Waals surface area contributed by atoms with Crippen molar-refractivity contribution in [1.82, 2.24) is 9.80 Å². The Kier molecular flexibility index (Phi) is 6.66. The predicted molar refractivity (Wildman–Crippen MR) is 115 cm³/mol. The fourth-order valence-electron chi connectivity index (χ4n) is 4.01. The molecule has 0 aliphatic carbocycles. The summed E-state index contributed by atoms with van der Waals surface area (Å²) in [6, 6.07) is 8.15. The summed E-state index contributed by atoms with van der Waals surface area (Å²) in [5.41, 5.74) is 1.93. The van der Waals surface area contributed by atoms with Crippen LogP contribution in [0.2, 0.25) is 0 Å². The van der Waals surface area contributed by atoms with Crippen LogP contribution in [0.25, 0.3) is 6.08 Å². The van der Waals surface area contributed by atoms with Crippen molar-refractivity contribution in [3.05, 3.63) is 41.5 Å². The third-order valence-corrected chi connectivity index (χ3v) is 5.66. The van der Waals surface area contributed by atoms with Crippen LogP contribution in [0.1, 0.15) is 57.6 Å². The molecule has 3 rings (SSSR count). The molecule has 0 saturated carbocycles. The largest absolute Gasteiger partial charge is 0.444 e. The average molecular weight is 399 g/mol. The summed E-state index contributed by atoms with van der Waals surface area (Å²) in [4.78, 5) is 29.1. The number of aryl methyl sites for hydroxylation is 1. The summed E-state index contributed by atoms with van der Waals surface area (Å²) >= 11 is 0. The number of piperidine rings is 1. The molecule has 29 heavy (non-hydrogen) atoms. The number of hydrogen-bond acceptors (Lipinski definition) is 3. The first kappa shape index (κ1) is 21.4. The molecule has 5 heteroatoms. The summed E-state index contributed by atoms with van der Waals surface area (Å²) in [7, 11) is 0. The van der Waals surface area contributed by atoms with E-state index in [-0.39, 0.29) is 18.0 Å². The zero-order valence-electron chi connectivity index (χ0n) is 18.2. The summed E-state index contributed by atoms with van der Waals surface area (Å²) in [5.74, 6) is 0.570. The topological polar surface area (TPSA) is 49.9 Å². The van der Waals surface area contributed by atoms with Gasteiger partial charge in [-0.1, -0.05) is 42.0 Å². The number of amides is 2. The van der Waals surface area contributed by atoms with Crippen LogP contribution in [0.4, 0.5) is 4.79 Å². The highest BCUT2D eigenvalue weighted by atomic mass is 16.6. The Morgan fingerprint density at radius 1 is 1.03 bits per heavy atom. The standard InChI is InChI=1S/C24H34N2O3/c1-18-7-9-19(10-8-18)11-12-20-13-16-25(17-14-20)22(27)21-6-5-15-26(21)23(28)29-24(2,3)4/h7-12,20-21H,5-6,13-17H2,1-4H3/b12-11+/t21-/m0/s1. The van der Waals surface area contributed by atoms with E-state index in [1.165, 1.54) is 11.1 Å². The van der Waals surface area contributed by atoms with Crippen LogP contribution >= 0.6 is 0 Å². The van der Waals surface area contributed by atoms with E-state index < -0.39 is 5.60 Å². The summed E-state index contributed by atoms with van der Waals surface area (Å²) in [6.07, 6.45) is 7.60. The molecule has 1 aromatic carbocycles. The van der Waals surface area contributed by atoms with Crippen LogP contribution in [0.3, 0.4) is 0 Å². The lowest BCUT2D eigenvalue weighted by atomic mass is 9.95. The Balaban J connectivity index is 1.52. The maximum Gasteiger partial charge on any atom is 0.410 e. The maximum absolute atomic E-state index is 13.1. The molecule has 1 aromatic rings. The Hall–Kier alpha value is -2.30. The van der Waals surface area contributed by atoms with Crippen molar-refractivity contribution in [2.45, 2.75) is 65.0 Å². The number of carbonyl (C=O) groups is 2. The third kappa shape index (κ3) is 5.84. The maximum atomic E-state index is 13.1. The molecule has 0 unspecified atom stereocenters. The van der Waals surface area contributed by atoms with Crippen molar-refractivity contribution in [2.24, 2.45) is 5.92 Å². The van der Waals surface area contributed by atoms with Crippen molar-refractivity contribution >= 4 is 18.1 Å². The molecule has 5 nitrogen and oxygen atoms in total. The van der Waals surface area contributed by atoms with Gasteiger partial charge < -0.3 is 9.64 Å². The number of rotatable bonds is 3. The van der Waals surface area contributed by atoms with Crippen LogP contribution in [0.15, 0.2) is 30.3 Å². The molecule has 1 atom stereocenters. The number of carbonyl (C=O) groups excluding carboxylic acids is 2. The molecule has 2 heterocycles. The zero-order chi connectivity index (χ0) is 21.0. The highest BCUT2D eigenvalue weighted by Gasteiger charge is 2.39. The minimum absolute atomic E-state index is 0.0781. The fourth-order valence-corrected chi connectivity index (χ4v) is 4.01. The smallest absolute Gasteiger partial charge is 0.410 e. The van der Waals surface area contributed by atoms with Crippen LogP contribution < -0.4 is 0 Å². The van der Waals surface area contributed by atoms with Crippen molar-refractivity contribution in [2.75, 3.05) is 19.6 Å². The minimum Gasteiger partial charge on any atom is -0.444 e. The number of hydrogen-bond donors (Lipinski definition) is 0. The Labute approximate surface area is 174 Å². The molecule has 2 saturated heterocycles. The zero-order valence-corrected chi connectivity index (χ0v) is 18.2. The first-order chi connectivity index (χ1) is 13.7. The van der Waals surface area contributed by atoms with Gasteiger partial charge in [-0.2, -0.15) is 0 Å². The van der Waals surface area contributed by atoms with Gasteiger partial charge in [-0.3, -0.25) is 9.69 Å². The number of allylic oxidation sites excluding steroid dienone is 1. The van der Waals surface area contributed by atoms with Gasteiger partial charge in [-0.05, 0) is 64.9 Å². The van der Waals surface area contributed by atoms with E-state index in [1.807, 2.05) is 25.7 Å². The second-order valence-corrected chi connectivity index (χ2v) is 9.26. The van der Waals surface area contributed by atoms with Gasteiger partial charge in [0.1, 0.15) is 11.6 Å². The van der Waals surface area contributed by atoms with E-state index >= 15 is 0 Å². The normalized spacial score (nSPS) is 21.0. The van der Waals surface area contributed by atoms with E-state index in [2.05, 4.69) is 43.3 Å². The molecule has 2 fully saturated rings. The molecular formula is C24H34N2O3. The first-order valence-corrected chi connectivity index (χ1v) is 10.8. The van der Waals surface area contributed by atoms with Gasteiger partial charge in [0.15, 0.2) is 0 Å². The highest BCUT2D eigenvalue weighted by Crippen LogP contribution is 2.26. The average Bonchev–Trinajstić information content (AvgIpc) is 3.16. The van der Waals surface area contributed by atoms with Crippen molar-refractivity contribution in [3.8, 4) is 0 Å². The molecule has 0 aromatic heterocycles.